The minimum Gasteiger partial charge on any atom is -0.451 e. The van der Waals surface area contributed by atoms with E-state index in [1.807, 2.05) is 18.2 Å². The van der Waals surface area contributed by atoms with Gasteiger partial charge in [0.25, 0.3) is 5.91 Å². The fourth-order valence-electron chi connectivity index (χ4n) is 4.66. The molecule has 2 amide bonds. The van der Waals surface area contributed by atoms with Gasteiger partial charge in [0.15, 0.2) is 17.4 Å². The Morgan fingerprint density at radius 1 is 1.23 bits per heavy atom. The number of rotatable bonds is 12. The number of hydroxylamine groups is 1. The van der Waals surface area contributed by atoms with Gasteiger partial charge in [-0.05, 0) is 61.2 Å². The van der Waals surface area contributed by atoms with Gasteiger partial charge in [0.2, 0.25) is 6.41 Å². The Morgan fingerprint density at radius 3 is 2.56 bits per heavy atom. The van der Waals surface area contributed by atoms with Crippen LogP contribution in [0.3, 0.4) is 0 Å². The summed E-state index contributed by atoms with van der Waals surface area (Å²) in [6, 6.07) is 8.35. The molecule has 39 heavy (non-hydrogen) atoms. The van der Waals surface area contributed by atoms with Gasteiger partial charge in [0.05, 0.1) is 13.2 Å². The number of nitrogens with zero attached hydrogens (tertiary/aromatic N) is 2. The highest BCUT2D eigenvalue weighted by molar-refractivity contribution is 7.97. The Bertz CT molecular complexity index is 1090. The first-order chi connectivity index (χ1) is 18.9. The number of benzene rings is 2. The van der Waals surface area contributed by atoms with Crippen LogP contribution >= 0.6 is 23.5 Å². The molecule has 9 nitrogen and oxygen atoms in total. The quantitative estimate of drug-likeness (QED) is 0.112. The molecule has 2 fully saturated rings. The summed E-state index contributed by atoms with van der Waals surface area (Å²) in [4.78, 5) is 25.5. The molecule has 2 aliphatic rings. The first-order valence-electron chi connectivity index (χ1n) is 12.7. The van der Waals surface area contributed by atoms with Gasteiger partial charge in [-0.2, -0.15) is 0 Å². The molecule has 2 bridgehead atoms. The number of likely N-dealkylation sites (tertiary alicyclic amines) is 1. The largest absolute Gasteiger partial charge is 0.451 e. The van der Waals surface area contributed by atoms with Crippen LogP contribution in [0.5, 0.6) is 11.5 Å². The third-order valence-electron chi connectivity index (χ3n) is 6.36. The molecule has 0 radical (unpaired) electrons. The molecule has 2 heterocycles. The van der Waals surface area contributed by atoms with E-state index in [1.165, 1.54) is 12.1 Å². The van der Waals surface area contributed by atoms with Crippen LogP contribution in [0.4, 0.5) is 8.78 Å². The Kier molecular flexibility index (Phi) is 11.8. The first-order valence-corrected chi connectivity index (χ1v) is 13.8. The fourth-order valence-corrected chi connectivity index (χ4v) is 6.05. The van der Waals surface area contributed by atoms with Crippen LogP contribution in [-0.4, -0.2) is 77.7 Å². The second kappa shape index (κ2) is 14.8. The van der Waals surface area contributed by atoms with Crippen molar-refractivity contribution in [2.75, 3.05) is 39.4 Å². The lowest BCUT2D eigenvalue weighted by molar-refractivity contribution is -0.141. The van der Waals surface area contributed by atoms with E-state index in [2.05, 4.69) is 10.2 Å². The van der Waals surface area contributed by atoms with Gasteiger partial charge < -0.3 is 14.8 Å². The van der Waals surface area contributed by atoms with Crippen molar-refractivity contribution in [1.82, 2.24) is 20.0 Å². The Labute approximate surface area is 235 Å². The summed E-state index contributed by atoms with van der Waals surface area (Å²) in [6.07, 6.45) is 1.75. The zero-order chi connectivity index (χ0) is 28.4. The van der Waals surface area contributed by atoms with E-state index in [9.17, 15) is 23.6 Å². The van der Waals surface area contributed by atoms with Gasteiger partial charge >= 0.3 is 0 Å². The SMILES string of the molecule is CC.O=CNCCOCCN1CC2CCC(C(=O)NO)(C1)N2Sc1cc(F)c(Oc2ccc(Cl)cc2)c(F)c1. The molecule has 0 aliphatic carbocycles. The maximum Gasteiger partial charge on any atom is 0.266 e. The number of ether oxygens (including phenoxy) is 2. The van der Waals surface area contributed by atoms with Crippen LogP contribution in [0.25, 0.3) is 0 Å². The second-order valence-electron chi connectivity index (χ2n) is 8.77. The standard InChI is InChI=1S/C24H27ClF2N4O5S.C2H6/c25-16-1-3-18(4-2-16)36-22-20(26)11-19(12-21(22)27)37-31-17-5-6-24(31,23(33)29-34)14-30(13-17)8-10-35-9-7-28-15-32;1-2/h1-4,11-12,15,17,34H,5-10,13-14H2,(H,28,32)(H,29,33);1-2H3. The van der Waals surface area contributed by atoms with E-state index in [1.54, 1.807) is 17.6 Å². The minimum atomic E-state index is -1.09. The molecule has 2 atom stereocenters. The first kappa shape index (κ1) is 31.1. The summed E-state index contributed by atoms with van der Waals surface area (Å²) >= 11 is 6.92. The van der Waals surface area contributed by atoms with Crippen LogP contribution < -0.4 is 15.5 Å². The lowest BCUT2D eigenvalue weighted by Crippen LogP contribution is -2.65. The summed E-state index contributed by atoms with van der Waals surface area (Å²) in [5.41, 5.74) is 0.682. The van der Waals surface area contributed by atoms with E-state index in [0.29, 0.717) is 63.7 Å². The van der Waals surface area contributed by atoms with Gasteiger partial charge in [0, 0.05) is 42.1 Å². The molecule has 0 saturated carbocycles. The second-order valence-corrected chi connectivity index (χ2v) is 10.3. The number of carbonyl (C=O) groups excluding carboxylic acids is 2. The number of nitrogens with one attached hydrogen (secondary N) is 2. The van der Waals surface area contributed by atoms with E-state index >= 15 is 0 Å². The molecular formula is C26H33ClF2N4O5S. The minimum absolute atomic E-state index is 0.0936. The number of piperazine rings is 1. The number of halogens is 3. The lowest BCUT2D eigenvalue weighted by Gasteiger charge is -2.46. The lowest BCUT2D eigenvalue weighted by atomic mass is 9.96. The van der Waals surface area contributed by atoms with E-state index < -0.39 is 28.8 Å². The molecule has 2 unspecified atom stereocenters. The molecule has 2 saturated heterocycles. The predicted molar refractivity (Wildman–Crippen MR) is 144 cm³/mol. The third-order valence-corrected chi connectivity index (χ3v) is 7.90. The normalized spacial score (nSPS) is 20.6. The molecule has 3 N–H and O–H groups in total. The highest BCUT2D eigenvalue weighted by Crippen LogP contribution is 2.46. The number of fused-ring (bicyclic) bond motifs is 2. The average molecular weight is 587 g/mol. The van der Waals surface area contributed by atoms with Crippen molar-refractivity contribution in [2.45, 2.75) is 43.2 Å². The van der Waals surface area contributed by atoms with Crippen molar-refractivity contribution in [1.29, 1.82) is 0 Å². The van der Waals surface area contributed by atoms with Gasteiger partial charge in [-0.3, -0.25) is 19.7 Å². The summed E-state index contributed by atoms with van der Waals surface area (Å²) < 4.78 is 42.5. The van der Waals surface area contributed by atoms with Crippen molar-refractivity contribution < 1.29 is 33.1 Å². The number of hydrogen-bond acceptors (Lipinski definition) is 8. The highest BCUT2D eigenvalue weighted by Gasteiger charge is 2.56. The predicted octanol–water partition coefficient (Wildman–Crippen LogP) is 4.23. The average Bonchev–Trinajstić information content (AvgIpc) is 3.14. The molecule has 214 valence electrons. The zero-order valence-electron chi connectivity index (χ0n) is 21.8. The van der Waals surface area contributed by atoms with Crippen molar-refractivity contribution in [2.24, 2.45) is 0 Å². The van der Waals surface area contributed by atoms with Gasteiger partial charge in [0.1, 0.15) is 11.3 Å². The molecule has 2 aromatic carbocycles. The van der Waals surface area contributed by atoms with E-state index in [0.717, 1.165) is 24.1 Å². The molecule has 2 aliphatic heterocycles. The third kappa shape index (κ3) is 7.59. The van der Waals surface area contributed by atoms with Crippen molar-refractivity contribution in [3.05, 3.63) is 53.1 Å². The molecule has 2 aromatic rings. The Balaban J connectivity index is 0.00000205. The van der Waals surface area contributed by atoms with Crippen LogP contribution in [0.1, 0.15) is 26.7 Å². The van der Waals surface area contributed by atoms with Crippen LogP contribution in [-0.2, 0) is 14.3 Å². The molecule has 4 rings (SSSR count). The smallest absolute Gasteiger partial charge is 0.266 e. The fraction of sp³-hybridized carbons (Fsp3) is 0.462. The Morgan fingerprint density at radius 2 is 1.92 bits per heavy atom. The van der Waals surface area contributed by atoms with Gasteiger partial charge in [-0.25, -0.2) is 18.6 Å². The molecule has 13 heteroatoms. The molecule has 0 spiro atoms. The molecular weight excluding hydrogens is 554 g/mol. The summed E-state index contributed by atoms with van der Waals surface area (Å²) in [5.74, 6) is -2.65. The summed E-state index contributed by atoms with van der Waals surface area (Å²) in [7, 11) is 0. The molecule has 0 aromatic heterocycles. The number of carbonyl (C=O) groups is 2. The van der Waals surface area contributed by atoms with Crippen molar-refractivity contribution in [3.63, 3.8) is 0 Å². The van der Waals surface area contributed by atoms with E-state index in [4.69, 9.17) is 21.1 Å². The Hall–Kier alpha value is -2.48. The number of hydrogen-bond donors (Lipinski definition) is 3. The van der Waals surface area contributed by atoms with Crippen molar-refractivity contribution in [3.8, 4) is 11.5 Å². The van der Waals surface area contributed by atoms with Crippen molar-refractivity contribution >= 4 is 35.9 Å². The van der Waals surface area contributed by atoms with E-state index in [-0.39, 0.29) is 16.7 Å². The monoisotopic (exact) mass is 586 g/mol. The van der Waals surface area contributed by atoms with Crippen LogP contribution in [0.2, 0.25) is 5.02 Å². The van der Waals surface area contributed by atoms with Crippen LogP contribution in [0, 0.1) is 11.6 Å². The maximum absolute atomic E-state index is 14.9. The topological polar surface area (TPSA) is 103 Å². The number of amides is 2. The van der Waals surface area contributed by atoms with Gasteiger partial charge in [-0.1, -0.05) is 25.4 Å². The summed E-state index contributed by atoms with van der Waals surface area (Å²) in [6.45, 7) is 6.66. The zero-order valence-corrected chi connectivity index (χ0v) is 23.4. The van der Waals surface area contributed by atoms with Crippen LogP contribution in [0.15, 0.2) is 41.3 Å². The maximum atomic E-state index is 14.9. The highest BCUT2D eigenvalue weighted by atomic mass is 35.5. The summed E-state index contributed by atoms with van der Waals surface area (Å²) in [5, 5.41) is 12.5. The van der Waals surface area contributed by atoms with Gasteiger partial charge in [-0.15, -0.1) is 0 Å².